The van der Waals surface area contributed by atoms with E-state index in [1.54, 1.807) is 0 Å². The van der Waals surface area contributed by atoms with Crippen LogP contribution >= 0.6 is 0 Å². The first-order valence-corrected chi connectivity index (χ1v) is 5.52. The van der Waals surface area contributed by atoms with Gasteiger partial charge >= 0.3 is 5.97 Å². The maximum absolute atomic E-state index is 11.1. The fraction of sp³-hybridized carbons (Fsp3) is 0.900. The van der Waals surface area contributed by atoms with Crippen LogP contribution in [-0.4, -0.2) is 76.4 Å². The first kappa shape index (κ1) is 17.2. The second-order valence-electron chi connectivity index (χ2n) is 3.68. The molecule has 18 heavy (non-hydrogen) atoms. The Balaban J connectivity index is 3.59. The van der Waals surface area contributed by atoms with Gasteiger partial charge in [-0.05, 0) is 0 Å². The van der Waals surface area contributed by atoms with E-state index in [2.05, 4.69) is 4.74 Å². The number of hydrogen-bond acceptors (Lipinski definition) is 8. The molecule has 5 N–H and O–H groups in total. The summed E-state index contributed by atoms with van der Waals surface area (Å²) in [6, 6.07) is 0. The number of aliphatic hydroxyl groups is 5. The SMILES string of the molecule is O=C(CCC(O)OCC(O)CO)OCC(O)CO. The molecular weight excluding hydrogens is 248 g/mol. The first-order chi connectivity index (χ1) is 8.49. The lowest BCUT2D eigenvalue weighted by Crippen LogP contribution is -2.25. The number of carbonyl (C=O) groups excluding carboxylic acids is 1. The topological polar surface area (TPSA) is 137 Å². The van der Waals surface area contributed by atoms with Gasteiger partial charge in [0.15, 0.2) is 6.29 Å². The van der Waals surface area contributed by atoms with Crippen LogP contribution < -0.4 is 0 Å². The summed E-state index contributed by atoms with van der Waals surface area (Å²) in [4.78, 5) is 11.1. The molecule has 8 nitrogen and oxygen atoms in total. The lowest BCUT2D eigenvalue weighted by molar-refractivity contribution is -0.154. The highest BCUT2D eigenvalue weighted by Gasteiger charge is 2.12. The number of rotatable bonds is 10. The minimum absolute atomic E-state index is 0.0355. The standard InChI is InChI=1S/C10H20O8/c11-3-7(13)5-17-9(15)1-2-10(16)18-6-8(14)4-12/h7-9,11-15H,1-6H2. The van der Waals surface area contributed by atoms with Crippen molar-refractivity contribution in [3.63, 3.8) is 0 Å². The Hall–Kier alpha value is -0.770. The van der Waals surface area contributed by atoms with Crippen LogP contribution in [0.5, 0.6) is 0 Å². The molecule has 0 fully saturated rings. The Morgan fingerprint density at radius 2 is 1.56 bits per heavy atom. The summed E-state index contributed by atoms with van der Waals surface area (Å²) in [5, 5.41) is 44.0. The average Bonchev–Trinajstić information content (AvgIpc) is 2.39. The maximum Gasteiger partial charge on any atom is 0.306 e. The summed E-state index contributed by atoms with van der Waals surface area (Å²) in [6.07, 6.45) is -3.61. The van der Waals surface area contributed by atoms with Gasteiger partial charge in [-0.25, -0.2) is 0 Å². The van der Waals surface area contributed by atoms with Crippen molar-refractivity contribution in [2.24, 2.45) is 0 Å². The highest BCUT2D eigenvalue weighted by Crippen LogP contribution is 2.02. The van der Waals surface area contributed by atoms with Gasteiger partial charge in [0.25, 0.3) is 0 Å². The van der Waals surface area contributed by atoms with Crippen molar-refractivity contribution in [3.8, 4) is 0 Å². The maximum atomic E-state index is 11.1. The lowest BCUT2D eigenvalue weighted by Gasteiger charge is -2.14. The number of hydrogen-bond donors (Lipinski definition) is 5. The predicted octanol–water partition coefficient (Wildman–Crippen LogP) is -2.65. The van der Waals surface area contributed by atoms with Crippen LogP contribution in [0.25, 0.3) is 0 Å². The Kier molecular flexibility index (Phi) is 9.74. The highest BCUT2D eigenvalue weighted by atomic mass is 16.6. The predicted molar refractivity (Wildman–Crippen MR) is 58.3 cm³/mol. The average molecular weight is 268 g/mol. The zero-order valence-corrected chi connectivity index (χ0v) is 9.94. The minimum Gasteiger partial charge on any atom is -0.463 e. The van der Waals surface area contributed by atoms with E-state index in [0.29, 0.717) is 0 Å². The van der Waals surface area contributed by atoms with Gasteiger partial charge in [-0.3, -0.25) is 4.79 Å². The molecule has 0 aromatic heterocycles. The highest BCUT2D eigenvalue weighted by molar-refractivity contribution is 5.69. The van der Waals surface area contributed by atoms with E-state index >= 15 is 0 Å². The fourth-order valence-electron chi connectivity index (χ4n) is 0.914. The van der Waals surface area contributed by atoms with E-state index in [1.807, 2.05) is 0 Å². The summed E-state index contributed by atoms with van der Waals surface area (Å²) in [5.74, 6) is -0.646. The van der Waals surface area contributed by atoms with Gasteiger partial charge in [0.2, 0.25) is 0 Å². The molecule has 0 aliphatic heterocycles. The number of aliphatic hydroxyl groups excluding tert-OH is 5. The second-order valence-corrected chi connectivity index (χ2v) is 3.68. The summed E-state index contributed by atoms with van der Waals surface area (Å²) in [6.45, 7) is -1.53. The van der Waals surface area contributed by atoms with E-state index < -0.39 is 37.7 Å². The quantitative estimate of drug-likeness (QED) is 0.214. The van der Waals surface area contributed by atoms with Gasteiger partial charge in [0.05, 0.1) is 26.2 Å². The van der Waals surface area contributed by atoms with Crippen molar-refractivity contribution in [1.82, 2.24) is 0 Å². The lowest BCUT2D eigenvalue weighted by atomic mass is 10.3. The molecule has 0 saturated heterocycles. The van der Waals surface area contributed by atoms with Crippen molar-refractivity contribution in [2.45, 2.75) is 31.3 Å². The zero-order valence-electron chi connectivity index (χ0n) is 9.94. The summed E-state index contributed by atoms with van der Waals surface area (Å²) in [5.41, 5.74) is 0. The van der Waals surface area contributed by atoms with Crippen LogP contribution in [0.4, 0.5) is 0 Å². The van der Waals surface area contributed by atoms with Crippen molar-refractivity contribution in [2.75, 3.05) is 26.4 Å². The molecular formula is C10H20O8. The molecule has 0 aliphatic rings. The van der Waals surface area contributed by atoms with E-state index in [9.17, 15) is 9.90 Å². The van der Waals surface area contributed by atoms with Crippen LogP contribution in [0.2, 0.25) is 0 Å². The molecule has 0 bridgehead atoms. The monoisotopic (exact) mass is 268 g/mol. The third kappa shape index (κ3) is 9.28. The van der Waals surface area contributed by atoms with Crippen LogP contribution in [0.15, 0.2) is 0 Å². The van der Waals surface area contributed by atoms with Crippen molar-refractivity contribution in [3.05, 3.63) is 0 Å². The van der Waals surface area contributed by atoms with Gasteiger partial charge in [0.1, 0.15) is 18.8 Å². The molecule has 0 spiro atoms. The second kappa shape index (κ2) is 10.2. The van der Waals surface area contributed by atoms with Crippen LogP contribution in [0.3, 0.4) is 0 Å². The van der Waals surface area contributed by atoms with Gasteiger partial charge < -0.3 is 35.0 Å². The summed E-state index contributed by atoms with van der Waals surface area (Å²) in [7, 11) is 0. The molecule has 0 aromatic rings. The van der Waals surface area contributed by atoms with Crippen LogP contribution in [0, 0.1) is 0 Å². The molecule has 3 atom stereocenters. The summed E-state index contributed by atoms with van der Waals surface area (Å²) >= 11 is 0. The first-order valence-electron chi connectivity index (χ1n) is 5.52. The normalized spacial score (nSPS) is 16.1. The molecule has 0 saturated carbocycles. The van der Waals surface area contributed by atoms with Gasteiger partial charge in [-0.2, -0.15) is 0 Å². The largest absolute Gasteiger partial charge is 0.463 e. The Morgan fingerprint density at radius 1 is 1.00 bits per heavy atom. The Bertz CT molecular complexity index is 222. The van der Waals surface area contributed by atoms with Crippen LogP contribution in [0.1, 0.15) is 12.8 Å². The zero-order chi connectivity index (χ0) is 14.0. The fourth-order valence-corrected chi connectivity index (χ4v) is 0.914. The molecule has 108 valence electrons. The third-order valence-electron chi connectivity index (χ3n) is 1.93. The van der Waals surface area contributed by atoms with Crippen molar-refractivity contribution >= 4 is 5.97 Å². The molecule has 8 heteroatoms. The number of ether oxygens (including phenoxy) is 2. The van der Waals surface area contributed by atoms with Crippen molar-refractivity contribution in [1.29, 1.82) is 0 Å². The minimum atomic E-state index is -1.25. The van der Waals surface area contributed by atoms with Gasteiger partial charge in [-0.15, -0.1) is 0 Å². The summed E-state index contributed by atoms with van der Waals surface area (Å²) < 4.78 is 9.33. The Morgan fingerprint density at radius 3 is 2.11 bits per heavy atom. The molecule has 3 unspecified atom stereocenters. The Labute approximate surface area is 104 Å². The van der Waals surface area contributed by atoms with E-state index in [4.69, 9.17) is 25.2 Å². The van der Waals surface area contributed by atoms with E-state index in [-0.39, 0.29) is 26.1 Å². The van der Waals surface area contributed by atoms with Gasteiger partial charge in [0, 0.05) is 6.42 Å². The smallest absolute Gasteiger partial charge is 0.306 e. The van der Waals surface area contributed by atoms with Gasteiger partial charge in [-0.1, -0.05) is 0 Å². The number of carbonyl (C=O) groups is 1. The van der Waals surface area contributed by atoms with Crippen molar-refractivity contribution < 1.29 is 39.8 Å². The van der Waals surface area contributed by atoms with Crippen LogP contribution in [-0.2, 0) is 14.3 Å². The molecule has 0 rings (SSSR count). The van der Waals surface area contributed by atoms with E-state index in [1.165, 1.54) is 0 Å². The molecule has 0 heterocycles. The molecule has 0 radical (unpaired) electrons. The molecule has 0 amide bonds. The van der Waals surface area contributed by atoms with E-state index in [0.717, 1.165) is 0 Å². The third-order valence-corrected chi connectivity index (χ3v) is 1.93. The molecule has 0 aliphatic carbocycles. The molecule has 0 aromatic carbocycles. The number of esters is 1.